The van der Waals surface area contributed by atoms with Gasteiger partial charge >= 0.3 is 5.97 Å². The fourth-order valence-corrected chi connectivity index (χ4v) is 1.50. The maximum atomic E-state index is 11.7. The van der Waals surface area contributed by atoms with E-state index in [9.17, 15) is 4.79 Å². The number of hydrogen-bond acceptors (Lipinski definition) is 4. The first kappa shape index (κ1) is 16.3. The molecule has 4 heteroatoms. The molecular weight excluding hydrogens is 256 g/mol. The molecule has 0 aliphatic heterocycles. The van der Waals surface area contributed by atoms with Gasteiger partial charge in [-0.25, -0.2) is 0 Å². The summed E-state index contributed by atoms with van der Waals surface area (Å²) in [6.07, 6.45) is 0.939. The molecule has 0 saturated carbocycles. The summed E-state index contributed by atoms with van der Waals surface area (Å²) in [6, 6.07) is 5.55. The van der Waals surface area contributed by atoms with E-state index in [2.05, 4.69) is 0 Å². The van der Waals surface area contributed by atoms with E-state index in [-0.39, 0.29) is 12.6 Å². The summed E-state index contributed by atoms with van der Waals surface area (Å²) in [7, 11) is 1.60. The van der Waals surface area contributed by atoms with Crippen LogP contribution in [0.25, 0.3) is 0 Å². The first-order valence-corrected chi connectivity index (χ1v) is 6.85. The second-order valence-electron chi connectivity index (χ2n) is 5.66. The molecular formula is C16H24O4. The zero-order valence-electron chi connectivity index (χ0n) is 13.0. The Hall–Kier alpha value is -1.71. The summed E-state index contributed by atoms with van der Waals surface area (Å²) in [5.41, 5.74) is 0.386. The molecule has 4 nitrogen and oxygen atoms in total. The second-order valence-corrected chi connectivity index (χ2v) is 5.66. The van der Waals surface area contributed by atoms with Crippen LogP contribution in [0.1, 0.15) is 39.7 Å². The van der Waals surface area contributed by atoms with Crippen LogP contribution < -0.4 is 9.47 Å². The van der Waals surface area contributed by atoms with Crippen LogP contribution in [0, 0.1) is 5.41 Å². The molecule has 0 aliphatic carbocycles. The number of hydrogen-bond donors (Lipinski definition) is 0. The lowest BCUT2D eigenvalue weighted by molar-refractivity contribution is -0.154. The van der Waals surface area contributed by atoms with Crippen LogP contribution in [0.4, 0.5) is 0 Å². The summed E-state index contributed by atoms with van der Waals surface area (Å²) < 4.78 is 16.1. The van der Waals surface area contributed by atoms with Crippen molar-refractivity contribution in [2.24, 2.45) is 5.41 Å². The van der Waals surface area contributed by atoms with E-state index in [1.165, 1.54) is 0 Å². The summed E-state index contributed by atoms with van der Waals surface area (Å²) in [4.78, 5) is 11.7. The Kier molecular flexibility index (Phi) is 5.86. The monoisotopic (exact) mass is 280 g/mol. The quantitative estimate of drug-likeness (QED) is 0.747. The standard InChI is InChI=1S/C16H24O4/c1-6-9-19-13-8-7-12(10-14(13)18-5)11-20-15(17)16(2,3)4/h7-8,10H,6,9,11H2,1-5H3. The number of ether oxygens (including phenoxy) is 3. The van der Waals surface area contributed by atoms with Gasteiger partial charge in [-0.15, -0.1) is 0 Å². The molecule has 0 unspecified atom stereocenters. The van der Waals surface area contributed by atoms with Gasteiger partial charge in [0.15, 0.2) is 11.5 Å². The van der Waals surface area contributed by atoms with E-state index in [0.717, 1.165) is 12.0 Å². The van der Waals surface area contributed by atoms with Crippen molar-refractivity contribution in [2.75, 3.05) is 13.7 Å². The lowest BCUT2D eigenvalue weighted by Crippen LogP contribution is -2.22. The van der Waals surface area contributed by atoms with Gasteiger partial charge in [-0.05, 0) is 44.9 Å². The number of carbonyl (C=O) groups excluding carboxylic acids is 1. The molecule has 0 aliphatic rings. The van der Waals surface area contributed by atoms with E-state index in [1.54, 1.807) is 7.11 Å². The summed E-state index contributed by atoms with van der Waals surface area (Å²) >= 11 is 0. The maximum Gasteiger partial charge on any atom is 0.311 e. The first-order valence-electron chi connectivity index (χ1n) is 6.85. The van der Waals surface area contributed by atoms with Gasteiger partial charge in [0.1, 0.15) is 6.61 Å². The highest BCUT2D eigenvalue weighted by atomic mass is 16.5. The van der Waals surface area contributed by atoms with Gasteiger partial charge in [0.2, 0.25) is 0 Å². The summed E-state index contributed by atoms with van der Waals surface area (Å²) in [5.74, 6) is 1.14. The van der Waals surface area contributed by atoms with Crippen LogP contribution in [-0.4, -0.2) is 19.7 Å². The van der Waals surface area contributed by atoms with Crippen molar-refractivity contribution in [1.82, 2.24) is 0 Å². The van der Waals surface area contributed by atoms with Gasteiger partial charge in [-0.3, -0.25) is 4.79 Å². The minimum Gasteiger partial charge on any atom is -0.493 e. The van der Waals surface area contributed by atoms with Crippen molar-refractivity contribution >= 4 is 5.97 Å². The molecule has 0 heterocycles. The molecule has 0 fully saturated rings. The number of esters is 1. The Morgan fingerprint density at radius 1 is 1.20 bits per heavy atom. The fourth-order valence-electron chi connectivity index (χ4n) is 1.50. The lowest BCUT2D eigenvalue weighted by Gasteiger charge is -2.17. The van der Waals surface area contributed by atoms with Crippen molar-refractivity contribution in [3.63, 3.8) is 0 Å². The van der Waals surface area contributed by atoms with Crippen LogP contribution in [-0.2, 0) is 16.1 Å². The molecule has 0 spiro atoms. The summed E-state index contributed by atoms with van der Waals surface area (Å²) in [5, 5.41) is 0. The molecule has 20 heavy (non-hydrogen) atoms. The normalized spacial score (nSPS) is 11.1. The van der Waals surface area contributed by atoms with E-state index in [1.807, 2.05) is 45.9 Å². The number of rotatable bonds is 6. The van der Waals surface area contributed by atoms with Crippen molar-refractivity contribution in [3.8, 4) is 11.5 Å². The molecule has 0 N–H and O–H groups in total. The highest BCUT2D eigenvalue weighted by Gasteiger charge is 2.23. The smallest absolute Gasteiger partial charge is 0.311 e. The Labute approximate surface area is 121 Å². The van der Waals surface area contributed by atoms with Crippen molar-refractivity contribution in [3.05, 3.63) is 23.8 Å². The summed E-state index contributed by atoms with van der Waals surface area (Å²) in [6.45, 7) is 8.43. The topological polar surface area (TPSA) is 44.8 Å². The second kappa shape index (κ2) is 7.17. The molecule has 0 atom stereocenters. The molecule has 1 aromatic carbocycles. The molecule has 112 valence electrons. The van der Waals surface area contributed by atoms with E-state index in [4.69, 9.17) is 14.2 Å². The average molecular weight is 280 g/mol. The Morgan fingerprint density at radius 2 is 1.90 bits per heavy atom. The highest BCUT2D eigenvalue weighted by Crippen LogP contribution is 2.28. The fraction of sp³-hybridized carbons (Fsp3) is 0.562. The van der Waals surface area contributed by atoms with E-state index < -0.39 is 5.41 Å². The van der Waals surface area contributed by atoms with E-state index in [0.29, 0.717) is 18.1 Å². The number of carbonyl (C=O) groups is 1. The maximum absolute atomic E-state index is 11.7. The molecule has 0 amide bonds. The number of benzene rings is 1. The molecule has 1 rings (SSSR count). The predicted molar refractivity (Wildman–Crippen MR) is 78.0 cm³/mol. The van der Waals surface area contributed by atoms with Crippen molar-refractivity contribution < 1.29 is 19.0 Å². The molecule has 0 radical (unpaired) electrons. The molecule has 0 saturated heterocycles. The van der Waals surface area contributed by atoms with Gasteiger partial charge in [0.25, 0.3) is 0 Å². The highest BCUT2D eigenvalue weighted by molar-refractivity contribution is 5.75. The van der Waals surface area contributed by atoms with Crippen LogP contribution in [0.2, 0.25) is 0 Å². The lowest BCUT2D eigenvalue weighted by atomic mass is 9.97. The van der Waals surface area contributed by atoms with E-state index >= 15 is 0 Å². The Bertz CT molecular complexity index is 446. The van der Waals surface area contributed by atoms with Crippen LogP contribution in [0.5, 0.6) is 11.5 Å². The molecule has 1 aromatic rings. The van der Waals surface area contributed by atoms with Gasteiger partial charge in [-0.2, -0.15) is 0 Å². The van der Waals surface area contributed by atoms with Crippen LogP contribution in [0.3, 0.4) is 0 Å². The third-order valence-corrected chi connectivity index (χ3v) is 2.67. The SMILES string of the molecule is CCCOc1ccc(COC(=O)C(C)(C)C)cc1OC. The zero-order chi connectivity index (χ0) is 15.2. The predicted octanol–water partition coefficient (Wildman–Crippen LogP) is 3.57. The molecule has 0 aromatic heterocycles. The third kappa shape index (κ3) is 4.76. The van der Waals surface area contributed by atoms with Gasteiger partial charge < -0.3 is 14.2 Å². The van der Waals surface area contributed by atoms with Gasteiger partial charge in [0, 0.05) is 0 Å². The van der Waals surface area contributed by atoms with Crippen molar-refractivity contribution in [1.29, 1.82) is 0 Å². The third-order valence-electron chi connectivity index (χ3n) is 2.67. The minimum absolute atomic E-state index is 0.220. The van der Waals surface area contributed by atoms with Gasteiger partial charge in [0.05, 0.1) is 19.1 Å². The average Bonchev–Trinajstić information content (AvgIpc) is 2.41. The molecule has 0 bridgehead atoms. The van der Waals surface area contributed by atoms with Gasteiger partial charge in [-0.1, -0.05) is 13.0 Å². The van der Waals surface area contributed by atoms with Crippen LogP contribution in [0.15, 0.2) is 18.2 Å². The first-order chi connectivity index (χ1) is 9.38. The zero-order valence-corrected chi connectivity index (χ0v) is 13.0. The number of methoxy groups -OCH3 is 1. The largest absolute Gasteiger partial charge is 0.493 e. The minimum atomic E-state index is -0.492. The van der Waals surface area contributed by atoms with Crippen LogP contribution >= 0.6 is 0 Å². The Balaban J connectivity index is 2.70. The Morgan fingerprint density at radius 3 is 2.45 bits per heavy atom. The van der Waals surface area contributed by atoms with Crippen molar-refractivity contribution in [2.45, 2.75) is 40.7 Å².